The Hall–Kier alpha value is -2.83. The van der Waals surface area contributed by atoms with Crippen molar-refractivity contribution < 1.29 is 9.59 Å². The first kappa shape index (κ1) is 22.9. The molecule has 5 rings (SSSR count). The summed E-state index contributed by atoms with van der Waals surface area (Å²) in [6.45, 7) is 7.55. The molecule has 3 aliphatic rings. The molecule has 3 saturated heterocycles. The van der Waals surface area contributed by atoms with Gasteiger partial charge in [-0.2, -0.15) is 5.10 Å². The lowest BCUT2D eigenvalue weighted by atomic mass is 9.77. The van der Waals surface area contributed by atoms with E-state index in [1.54, 1.807) is 0 Å². The zero-order chi connectivity index (χ0) is 23.5. The summed E-state index contributed by atoms with van der Waals surface area (Å²) in [6.07, 6.45) is 10.2. The monoisotopic (exact) mass is 463 g/mol. The van der Waals surface area contributed by atoms with Crippen LogP contribution in [0.25, 0.3) is 11.1 Å². The van der Waals surface area contributed by atoms with Gasteiger partial charge in [-0.1, -0.05) is 19.1 Å². The second-order valence-corrected chi connectivity index (χ2v) is 10.5. The van der Waals surface area contributed by atoms with Crippen molar-refractivity contribution in [1.82, 2.24) is 20.0 Å². The molecule has 1 aromatic heterocycles. The number of hydrogen-bond acceptors (Lipinski definition) is 4. The highest BCUT2D eigenvalue weighted by Gasteiger charge is 2.45. The van der Waals surface area contributed by atoms with Crippen LogP contribution >= 0.6 is 0 Å². The summed E-state index contributed by atoms with van der Waals surface area (Å²) in [5, 5.41) is 6.90. The van der Waals surface area contributed by atoms with Crippen molar-refractivity contribution in [3.8, 4) is 11.1 Å². The number of anilines is 1. The van der Waals surface area contributed by atoms with Crippen LogP contribution in [-0.2, 0) is 9.59 Å². The summed E-state index contributed by atoms with van der Waals surface area (Å²) in [5.41, 5.74) is 3.65. The van der Waals surface area contributed by atoms with Gasteiger partial charge in [-0.15, -0.1) is 0 Å². The van der Waals surface area contributed by atoms with Gasteiger partial charge in [0.25, 0.3) is 0 Å². The quantitative estimate of drug-likeness (QED) is 0.705. The van der Waals surface area contributed by atoms with E-state index in [1.165, 1.54) is 11.3 Å². The van der Waals surface area contributed by atoms with E-state index in [0.29, 0.717) is 24.7 Å². The molecular formula is C27H37N5O2. The number of carbonyl (C=O) groups excluding carboxylic acids is 2. The highest BCUT2D eigenvalue weighted by atomic mass is 16.2. The van der Waals surface area contributed by atoms with Crippen LogP contribution in [0.15, 0.2) is 36.7 Å². The fraction of sp³-hybridized carbons (Fsp3) is 0.593. The van der Waals surface area contributed by atoms with Crippen molar-refractivity contribution in [3.63, 3.8) is 0 Å². The Balaban J connectivity index is 1.10. The standard InChI is InChI=1S/C27H37N5O2/c1-2-3-25(33)31-14-10-27(11-15-31)16-26(34)32(20-27)19-21-8-12-30(13-9-21)24-6-4-22(5-7-24)23-17-28-29-18-23/h4-7,17-18,21H,2-3,8-16,19-20H2,1H3,(H,28,29). The summed E-state index contributed by atoms with van der Waals surface area (Å²) >= 11 is 0. The highest BCUT2D eigenvalue weighted by Crippen LogP contribution is 2.42. The minimum Gasteiger partial charge on any atom is -0.372 e. The van der Waals surface area contributed by atoms with E-state index in [1.807, 2.05) is 17.3 Å². The Kier molecular flexibility index (Phi) is 6.61. The molecule has 1 aromatic carbocycles. The maximum absolute atomic E-state index is 12.9. The second-order valence-electron chi connectivity index (χ2n) is 10.5. The third-order valence-corrected chi connectivity index (χ3v) is 8.20. The number of nitrogens with zero attached hydrogens (tertiary/aromatic N) is 4. The third-order valence-electron chi connectivity index (χ3n) is 8.20. The number of amides is 2. The van der Waals surface area contributed by atoms with Crippen LogP contribution in [0, 0.1) is 11.3 Å². The molecule has 2 amide bonds. The molecule has 0 aliphatic carbocycles. The molecule has 4 heterocycles. The van der Waals surface area contributed by atoms with Crippen molar-refractivity contribution in [2.24, 2.45) is 11.3 Å². The predicted molar refractivity (Wildman–Crippen MR) is 133 cm³/mol. The number of nitrogens with one attached hydrogen (secondary N) is 1. The number of carbonyl (C=O) groups is 2. The van der Waals surface area contributed by atoms with Crippen LogP contribution in [0.1, 0.15) is 51.9 Å². The predicted octanol–water partition coefficient (Wildman–Crippen LogP) is 3.93. The van der Waals surface area contributed by atoms with Gasteiger partial charge in [0.05, 0.1) is 6.20 Å². The Morgan fingerprint density at radius 1 is 1.09 bits per heavy atom. The van der Waals surface area contributed by atoms with E-state index in [-0.39, 0.29) is 11.3 Å². The maximum Gasteiger partial charge on any atom is 0.223 e. The van der Waals surface area contributed by atoms with E-state index in [4.69, 9.17) is 0 Å². The number of hydrogen-bond donors (Lipinski definition) is 1. The molecule has 7 nitrogen and oxygen atoms in total. The van der Waals surface area contributed by atoms with E-state index in [9.17, 15) is 9.59 Å². The maximum atomic E-state index is 12.9. The van der Waals surface area contributed by atoms with Crippen LogP contribution in [0.3, 0.4) is 0 Å². The number of aromatic amines is 1. The van der Waals surface area contributed by atoms with Gasteiger partial charge in [0.15, 0.2) is 0 Å². The molecule has 0 radical (unpaired) electrons. The SMILES string of the molecule is CCCC(=O)N1CCC2(CC1)CC(=O)N(CC1CCN(c3ccc(-c4cn[nH]c4)cc3)CC1)C2. The Morgan fingerprint density at radius 2 is 1.82 bits per heavy atom. The van der Waals surface area contributed by atoms with Gasteiger partial charge in [-0.3, -0.25) is 14.7 Å². The molecule has 1 N–H and O–H groups in total. The summed E-state index contributed by atoms with van der Waals surface area (Å²) in [4.78, 5) is 31.7. The largest absolute Gasteiger partial charge is 0.372 e. The lowest BCUT2D eigenvalue weighted by Gasteiger charge is -2.39. The van der Waals surface area contributed by atoms with Crippen LogP contribution < -0.4 is 4.90 Å². The van der Waals surface area contributed by atoms with E-state index >= 15 is 0 Å². The molecule has 2 aromatic rings. The number of likely N-dealkylation sites (tertiary alicyclic amines) is 2. The fourth-order valence-electron chi connectivity index (χ4n) is 6.04. The smallest absolute Gasteiger partial charge is 0.223 e. The van der Waals surface area contributed by atoms with Gasteiger partial charge in [0, 0.05) is 75.0 Å². The summed E-state index contributed by atoms with van der Waals surface area (Å²) in [6, 6.07) is 8.73. The van der Waals surface area contributed by atoms with Gasteiger partial charge < -0.3 is 14.7 Å². The van der Waals surface area contributed by atoms with Crippen LogP contribution in [0.5, 0.6) is 0 Å². The van der Waals surface area contributed by atoms with Gasteiger partial charge >= 0.3 is 0 Å². The molecular weight excluding hydrogens is 426 g/mol. The molecule has 1 spiro atoms. The zero-order valence-corrected chi connectivity index (χ0v) is 20.3. The molecule has 0 saturated carbocycles. The lowest BCUT2D eigenvalue weighted by Crippen LogP contribution is -2.44. The normalized spacial score (nSPS) is 21.0. The van der Waals surface area contributed by atoms with Crippen LogP contribution in [0.2, 0.25) is 0 Å². The second kappa shape index (κ2) is 9.80. The highest BCUT2D eigenvalue weighted by molar-refractivity contribution is 5.80. The number of aromatic nitrogens is 2. The molecule has 0 atom stereocenters. The first-order chi connectivity index (χ1) is 16.5. The molecule has 0 unspecified atom stereocenters. The summed E-state index contributed by atoms with van der Waals surface area (Å²) in [5.74, 6) is 1.18. The number of rotatable bonds is 6. The van der Waals surface area contributed by atoms with Gasteiger partial charge in [-0.05, 0) is 55.7 Å². The van der Waals surface area contributed by atoms with Gasteiger partial charge in [-0.25, -0.2) is 0 Å². The fourth-order valence-corrected chi connectivity index (χ4v) is 6.04. The summed E-state index contributed by atoms with van der Waals surface area (Å²) in [7, 11) is 0. The molecule has 7 heteroatoms. The average molecular weight is 464 g/mol. The Bertz CT molecular complexity index is 971. The third kappa shape index (κ3) is 4.84. The number of piperidine rings is 2. The first-order valence-corrected chi connectivity index (χ1v) is 12.9. The molecule has 182 valence electrons. The van der Waals surface area contributed by atoms with Gasteiger partial charge in [0.1, 0.15) is 0 Å². The van der Waals surface area contributed by atoms with Gasteiger partial charge in [0.2, 0.25) is 11.8 Å². The van der Waals surface area contributed by atoms with E-state index in [2.05, 4.69) is 51.2 Å². The van der Waals surface area contributed by atoms with Crippen molar-refractivity contribution >= 4 is 17.5 Å². The van der Waals surface area contributed by atoms with Crippen molar-refractivity contribution in [2.45, 2.75) is 51.9 Å². The average Bonchev–Trinajstić information content (AvgIpc) is 3.49. The van der Waals surface area contributed by atoms with Crippen LogP contribution in [-0.4, -0.2) is 71.1 Å². The molecule has 3 aliphatic heterocycles. The van der Waals surface area contributed by atoms with Crippen molar-refractivity contribution in [2.75, 3.05) is 44.2 Å². The van der Waals surface area contributed by atoms with E-state index < -0.39 is 0 Å². The number of H-pyrrole nitrogens is 1. The minimum atomic E-state index is 0.0948. The minimum absolute atomic E-state index is 0.0948. The van der Waals surface area contributed by atoms with Crippen molar-refractivity contribution in [1.29, 1.82) is 0 Å². The lowest BCUT2D eigenvalue weighted by molar-refractivity contribution is -0.133. The van der Waals surface area contributed by atoms with E-state index in [0.717, 1.165) is 76.9 Å². The number of benzene rings is 1. The van der Waals surface area contributed by atoms with Crippen molar-refractivity contribution in [3.05, 3.63) is 36.7 Å². The summed E-state index contributed by atoms with van der Waals surface area (Å²) < 4.78 is 0. The topological polar surface area (TPSA) is 72.5 Å². The zero-order valence-electron chi connectivity index (χ0n) is 20.3. The first-order valence-electron chi connectivity index (χ1n) is 12.9. The molecule has 3 fully saturated rings. The Morgan fingerprint density at radius 3 is 2.47 bits per heavy atom. The molecule has 34 heavy (non-hydrogen) atoms. The Labute approximate surface area is 202 Å². The van der Waals surface area contributed by atoms with Crippen LogP contribution in [0.4, 0.5) is 5.69 Å². The molecule has 0 bridgehead atoms.